The Morgan fingerprint density at radius 1 is 1.30 bits per heavy atom. The lowest BCUT2D eigenvalue weighted by Crippen LogP contribution is -2.44. The Bertz CT molecular complexity index is 444. The van der Waals surface area contributed by atoms with Crippen LogP contribution in [0.5, 0.6) is 5.75 Å². The molecule has 0 heterocycles. The molecule has 0 saturated heterocycles. The maximum atomic E-state index is 14.6. The van der Waals surface area contributed by atoms with Crippen molar-refractivity contribution in [3.05, 3.63) is 29.6 Å². The van der Waals surface area contributed by atoms with Gasteiger partial charge in [-0.25, -0.2) is 4.39 Å². The number of likely N-dealkylation sites (N-methyl/N-ethyl adjacent to an activating group) is 1. The lowest BCUT2D eigenvalue weighted by Gasteiger charge is -2.37. The molecular formula is C16H24FNO2. The van der Waals surface area contributed by atoms with Crippen LogP contribution in [-0.2, 0) is 4.74 Å². The number of ether oxygens (including phenoxy) is 2. The molecular weight excluding hydrogens is 257 g/mol. The summed E-state index contributed by atoms with van der Waals surface area (Å²) in [6.45, 7) is 2.80. The molecule has 2 rings (SSSR count). The van der Waals surface area contributed by atoms with Crippen LogP contribution in [0.3, 0.4) is 0 Å². The molecule has 1 unspecified atom stereocenters. The monoisotopic (exact) mass is 281 g/mol. The molecule has 1 aliphatic carbocycles. The van der Waals surface area contributed by atoms with Crippen LogP contribution >= 0.6 is 0 Å². The van der Waals surface area contributed by atoms with Crippen molar-refractivity contribution in [2.75, 3.05) is 20.8 Å². The maximum absolute atomic E-state index is 14.6. The molecule has 0 bridgehead atoms. The van der Waals surface area contributed by atoms with Gasteiger partial charge >= 0.3 is 0 Å². The number of methoxy groups -OCH3 is 2. The maximum Gasteiger partial charge on any atom is 0.169 e. The minimum Gasteiger partial charge on any atom is -0.494 e. The third kappa shape index (κ3) is 2.67. The predicted octanol–water partition coefficient (Wildman–Crippen LogP) is 3.44. The predicted molar refractivity (Wildman–Crippen MR) is 77.6 cm³/mol. The van der Waals surface area contributed by atoms with Gasteiger partial charge in [-0.2, -0.15) is 0 Å². The third-order valence-corrected chi connectivity index (χ3v) is 4.31. The van der Waals surface area contributed by atoms with E-state index in [0.717, 1.165) is 32.2 Å². The summed E-state index contributed by atoms with van der Waals surface area (Å²) < 4.78 is 25.5. The molecule has 0 aromatic heterocycles. The summed E-state index contributed by atoms with van der Waals surface area (Å²) in [4.78, 5) is 0. The molecule has 1 fully saturated rings. The molecule has 1 aliphatic rings. The van der Waals surface area contributed by atoms with E-state index < -0.39 is 0 Å². The van der Waals surface area contributed by atoms with Gasteiger partial charge in [-0.05, 0) is 25.5 Å². The van der Waals surface area contributed by atoms with Crippen molar-refractivity contribution in [3.63, 3.8) is 0 Å². The van der Waals surface area contributed by atoms with E-state index in [0.29, 0.717) is 5.56 Å². The summed E-state index contributed by atoms with van der Waals surface area (Å²) in [5.74, 6) is -0.000993. The van der Waals surface area contributed by atoms with Crippen molar-refractivity contribution in [2.24, 2.45) is 0 Å². The molecule has 0 spiro atoms. The molecule has 1 aromatic rings. The molecule has 0 radical (unpaired) electrons. The third-order valence-electron chi connectivity index (χ3n) is 4.31. The number of rotatable bonds is 6. The van der Waals surface area contributed by atoms with Crippen LogP contribution in [0, 0.1) is 5.82 Å². The molecule has 1 atom stereocenters. The summed E-state index contributed by atoms with van der Waals surface area (Å²) in [6, 6.07) is 5.16. The van der Waals surface area contributed by atoms with E-state index in [1.807, 2.05) is 19.1 Å². The summed E-state index contributed by atoms with van der Waals surface area (Å²) in [5.41, 5.74) is 0.318. The van der Waals surface area contributed by atoms with Crippen molar-refractivity contribution < 1.29 is 13.9 Å². The van der Waals surface area contributed by atoms with Gasteiger partial charge in [-0.3, -0.25) is 0 Å². The second-order valence-corrected chi connectivity index (χ2v) is 5.33. The van der Waals surface area contributed by atoms with Crippen LogP contribution in [0.25, 0.3) is 0 Å². The highest BCUT2D eigenvalue weighted by molar-refractivity contribution is 5.34. The normalized spacial score (nSPS) is 19.0. The first-order valence-corrected chi connectivity index (χ1v) is 7.29. The highest BCUT2D eigenvalue weighted by Gasteiger charge is 2.43. The fraction of sp³-hybridized carbons (Fsp3) is 0.625. The Labute approximate surface area is 120 Å². The van der Waals surface area contributed by atoms with Gasteiger partial charge in [0.15, 0.2) is 11.6 Å². The summed E-state index contributed by atoms with van der Waals surface area (Å²) in [7, 11) is 3.22. The summed E-state index contributed by atoms with van der Waals surface area (Å²) in [6.07, 6.45) is 4.16. The van der Waals surface area contributed by atoms with Gasteiger partial charge in [0.1, 0.15) is 0 Å². The smallest absolute Gasteiger partial charge is 0.169 e. The van der Waals surface area contributed by atoms with E-state index >= 15 is 0 Å². The van der Waals surface area contributed by atoms with E-state index in [1.54, 1.807) is 13.2 Å². The van der Waals surface area contributed by atoms with Gasteiger partial charge in [0.05, 0.1) is 18.8 Å². The zero-order valence-electron chi connectivity index (χ0n) is 12.5. The second-order valence-electron chi connectivity index (χ2n) is 5.33. The van der Waals surface area contributed by atoms with Crippen LogP contribution in [0.1, 0.15) is 44.2 Å². The Morgan fingerprint density at radius 2 is 2.00 bits per heavy atom. The van der Waals surface area contributed by atoms with Crippen LogP contribution in [0.2, 0.25) is 0 Å². The first-order chi connectivity index (χ1) is 9.68. The Kier molecular flexibility index (Phi) is 5.00. The molecule has 3 nitrogen and oxygen atoms in total. The Hall–Kier alpha value is -1.13. The van der Waals surface area contributed by atoms with E-state index in [1.165, 1.54) is 7.11 Å². The van der Waals surface area contributed by atoms with E-state index in [4.69, 9.17) is 9.47 Å². The largest absolute Gasteiger partial charge is 0.494 e. The SMILES string of the molecule is CCNC(c1cccc(OC)c1F)C1(OC)CCCC1. The quantitative estimate of drug-likeness (QED) is 0.866. The minimum atomic E-state index is -0.316. The highest BCUT2D eigenvalue weighted by atomic mass is 19.1. The lowest BCUT2D eigenvalue weighted by molar-refractivity contribution is -0.0373. The number of benzene rings is 1. The molecule has 1 N–H and O–H groups in total. The van der Waals surface area contributed by atoms with Crippen LogP contribution in [-0.4, -0.2) is 26.4 Å². The fourth-order valence-corrected chi connectivity index (χ4v) is 3.28. The van der Waals surface area contributed by atoms with Crippen molar-refractivity contribution >= 4 is 0 Å². The van der Waals surface area contributed by atoms with Gasteiger partial charge in [0.25, 0.3) is 0 Å². The fourth-order valence-electron chi connectivity index (χ4n) is 3.28. The number of hydrogen-bond acceptors (Lipinski definition) is 3. The number of hydrogen-bond donors (Lipinski definition) is 1. The lowest BCUT2D eigenvalue weighted by atomic mass is 9.86. The van der Waals surface area contributed by atoms with Crippen LogP contribution in [0.4, 0.5) is 4.39 Å². The van der Waals surface area contributed by atoms with E-state index in [2.05, 4.69) is 5.32 Å². The van der Waals surface area contributed by atoms with Crippen molar-refractivity contribution in [1.29, 1.82) is 0 Å². The van der Waals surface area contributed by atoms with E-state index in [9.17, 15) is 4.39 Å². The molecule has 4 heteroatoms. The van der Waals surface area contributed by atoms with Gasteiger partial charge in [0.2, 0.25) is 0 Å². The summed E-state index contributed by atoms with van der Waals surface area (Å²) in [5, 5.41) is 3.40. The molecule has 0 amide bonds. The van der Waals surface area contributed by atoms with Gasteiger partial charge in [0, 0.05) is 12.7 Å². The topological polar surface area (TPSA) is 30.5 Å². The van der Waals surface area contributed by atoms with Crippen molar-refractivity contribution in [2.45, 2.75) is 44.2 Å². The zero-order chi connectivity index (χ0) is 14.6. The zero-order valence-corrected chi connectivity index (χ0v) is 12.5. The summed E-state index contributed by atoms with van der Waals surface area (Å²) >= 11 is 0. The van der Waals surface area contributed by atoms with Crippen LogP contribution < -0.4 is 10.1 Å². The molecule has 1 aromatic carbocycles. The number of halogens is 1. The van der Waals surface area contributed by atoms with Gasteiger partial charge in [-0.15, -0.1) is 0 Å². The molecule has 112 valence electrons. The van der Waals surface area contributed by atoms with Crippen molar-refractivity contribution in [1.82, 2.24) is 5.32 Å². The van der Waals surface area contributed by atoms with Crippen molar-refractivity contribution in [3.8, 4) is 5.75 Å². The standard InChI is InChI=1S/C16H24FNO2/c1-4-18-15(16(20-3)10-5-6-11-16)12-8-7-9-13(19-2)14(12)17/h7-9,15,18H,4-6,10-11H2,1-3H3. The molecule has 20 heavy (non-hydrogen) atoms. The van der Waals surface area contributed by atoms with E-state index in [-0.39, 0.29) is 23.2 Å². The average molecular weight is 281 g/mol. The van der Waals surface area contributed by atoms with Gasteiger partial charge < -0.3 is 14.8 Å². The molecule has 1 saturated carbocycles. The first kappa shape index (κ1) is 15.3. The molecule has 0 aliphatic heterocycles. The van der Waals surface area contributed by atoms with Crippen LogP contribution in [0.15, 0.2) is 18.2 Å². The Morgan fingerprint density at radius 3 is 2.55 bits per heavy atom. The minimum absolute atomic E-state index is 0.143. The second kappa shape index (κ2) is 6.55. The average Bonchev–Trinajstić information content (AvgIpc) is 2.95. The first-order valence-electron chi connectivity index (χ1n) is 7.29. The van der Waals surface area contributed by atoms with Gasteiger partial charge in [-0.1, -0.05) is 31.9 Å². The number of nitrogens with one attached hydrogen (secondary N) is 1. The highest BCUT2D eigenvalue weighted by Crippen LogP contribution is 2.43. The Balaban J connectivity index is 2.42.